The molecule has 0 atom stereocenters. The number of ether oxygens (including phenoxy) is 1. The minimum Gasteiger partial charge on any atom is -0.494 e. The number of aryl methyl sites for hydroxylation is 1. The first-order valence-corrected chi connectivity index (χ1v) is 13.6. The lowest BCUT2D eigenvalue weighted by Gasteiger charge is -2.22. The number of hydrogen-bond acceptors (Lipinski definition) is 8. The van der Waals surface area contributed by atoms with Crippen LogP contribution in [-0.4, -0.2) is 68.4 Å². The van der Waals surface area contributed by atoms with Gasteiger partial charge in [0.15, 0.2) is 0 Å². The van der Waals surface area contributed by atoms with Gasteiger partial charge >= 0.3 is 6.09 Å². The van der Waals surface area contributed by atoms with Gasteiger partial charge in [-0.15, -0.1) is 0 Å². The molecule has 4 heterocycles. The topological polar surface area (TPSA) is 126 Å². The molecule has 11 heteroatoms. The van der Waals surface area contributed by atoms with Crippen LogP contribution in [0.15, 0.2) is 35.9 Å². The van der Waals surface area contributed by atoms with E-state index in [1.807, 2.05) is 26.0 Å². The van der Waals surface area contributed by atoms with E-state index in [1.54, 1.807) is 17.0 Å². The van der Waals surface area contributed by atoms with E-state index in [1.165, 1.54) is 4.90 Å². The Labute approximate surface area is 227 Å². The number of carbonyl (C=O) groups is 1. The van der Waals surface area contributed by atoms with Gasteiger partial charge in [-0.1, -0.05) is 19.4 Å². The number of pyridine rings is 2. The molecule has 206 valence electrons. The van der Waals surface area contributed by atoms with Crippen LogP contribution < -0.4 is 15.8 Å². The van der Waals surface area contributed by atoms with Crippen LogP contribution in [0.1, 0.15) is 56.2 Å². The average molecular weight is 534 g/mol. The zero-order valence-electron chi connectivity index (χ0n) is 22.5. The van der Waals surface area contributed by atoms with Crippen molar-refractivity contribution in [3.8, 4) is 0 Å². The third-order valence-electron chi connectivity index (χ3n) is 7.62. The van der Waals surface area contributed by atoms with E-state index in [2.05, 4.69) is 26.8 Å². The molecule has 3 aromatic heterocycles. The molecule has 1 saturated heterocycles. The van der Waals surface area contributed by atoms with Crippen molar-refractivity contribution in [2.45, 2.75) is 52.0 Å². The number of nitrogens with one attached hydrogen (secondary N) is 1. The van der Waals surface area contributed by atoms with E-state index >= 15 is 0 Å². The smallest absolute Gasteiger partial charge is 0.407 e. The Morgan fingerprint density at radius 2 is 1.92 bits per heavy atom. The molecule has 2 N–H and O–H groups in total. The zero-order valence-corrected chi connectivity index (χ0v) is 22.5. The van der Waals surface area contributed by atoms with Crippen molar-refractivity contribution in [3.05, 3.63) is 52.6 Å². The Bertz CT molecular complexity index is 1430. The summed E-state index contributed by atoms with van der Waals surface area (Å²) in [6.45, 7) is 10.6. The van der Waals surface area contributed by atoms with Gasteiger partial charge in [0.1, 0.15) is 17.2 Å². The van der Waals surface area contributed by atoms with Crippen molar-refractivity contribution >= 4 is 40.3 Å². The van der Waals surface area contributed by atoms with Crippen molar-refractivity contribution in [2.75, 3.05) is 43.0 Å². The molecule has 1 saturated carbocycles. The first-order valence-electron chi connectivity index (χ1n) is 13.6. The van der Waals surface area contributed by atoms with Crippen LogP contribution in [0.2, 0.25) is 0 Å². The fourth-order valence-corrected chi connectivity index (χ4v) is 5.60. The number of anilines is 3. The quantitative estimate of drug-likeness (QED) is 0.421. The maximum Gasteiger partial charge on any atom is 0.407 e. The van der Waals surface area contributed by atoms with E-state index in [0.29, 0.717) is 55.0 Å². The Morgan fingerprint density at radius 1 is 1.13 bits per heavy atom. The Hall–Kier alpha value is -4.15. The third kappa shape index (κ3) is 5.39. The van der Waals surface area contributed by atoms with Gasteiger partial charge in [-0.25, -0.2) is 14.8 Å². The molecule has 0 spiro atoms. The van der Waals surface area contributed by atoms with Gasteiger partial charge in [0, 0.05) is 43.8 Å². The standard InChI is InChI=1S/C28H35N7O4/c1-4-39-19(3)24-18(2)22-17-30-27(32-25(22)35(26(24)36)20-8-5-6-9-20)31-23-11-10-21(16-29-23)33-12-7-13-34(15-14-33)28(37)38/h10-11,16-17,20H,3-9,12-15H2,1-2H3,(H,37,38)(H,29,30,31,32). The monoisotopic (exact) mass is 533 g/mol. The highest BCUT2D eigenvalue weighted by molar-refractivity contribution is 5.84. The minimum absolute atomic E-state index is 0.0691. The van der Waals surface area contributed by atoms with Gasteiger partial charge in [-0.2, -0.15) is 4.98 Å². The van der Waals surface area contributed by atoms with E-state index in [-0.39, 0.29) is 11.6 Å². The summed E-state index contributed by atoms with van der Waals surface area (Å²) in [7, 11) is 0. The average Bonchev–Trinajstić information content (AvgIpc) is 3.32. The van der Waals surface area contributed by atoms with Gasteiger partial charge in [-0.05, 0) is 50.8 Å². The second kappa shape index (κ2) is 11.3. The molecule has 5 rings (SSSR count). The molecule has 0 radical (unpaired) electrons. The van der Waals surface area contributed by atoms with Crippen LogP contribution in [0.25, 0.3) is 16.8 Å². The normalized spacial score (nSPS) is 16.4. The molecule has 1 amide bonds. The first-order chi connectivity index (χ1) is 18.9. The lowest BCUT2D eigenvalue weighted by Crippen LogP contribution is -2.34. The summed E-state index contributed by atoms with van der Waals surface area (Å²) < 4.78 is 7.44. The summed E-state index contributed by atoms with van der Waals surface area (Å²) in [5.41, 5.74) is 2.64. The highest BCUT2D eigenvalue weighted by Crippen LogP contribution is 2.33. The number of rotatable bonds is 7. The largest absolute Gasteiger partial charge is 0.494 e. The van der Waals surface area contributed by atoms with Crippen molar-refractivity contribution in [3.63, 3.8) is 0 Å². The summed E-state index contributed by atoms with van der Waals surface area (Å²) >= 11 is 0. The molecule has 3 aromatic rings. The fourth-order valence-electron chi connectivity index (χ4n) is 5.60. The predicted molar refractivity (Wildman–Crippen MR) is 151 cm³/mol. The van der Waals surface area contributed by atoms with Crippen LogP contribution >= 0.6 is 0 Å². The summed E-state index contributed by atoms with van der Waals surface area (Å²) in [5.74, 6) is 1.31. The van der Waals surface area contributed by atoms with E-state index in [9.17, 15) is 14.7 Å². The maximum absolute atomic E-state index is 13.7. The molecule has 0 bridgehead atoms. The molecule has 1 aliphatic carbocycles. The van der Waals surface area contributed by atoms with Gasteiger partial charge in [-0.3, -0.25) is 9.36 Å². The molecule has 0 unspecified atom stereocenters. The highest BCUT2D eigenvalue weighted by atomic mass is 16.5. The first kappa shape index (κ1) is 26.5. The summed E-state index contributed by atoms with van der Waals surface area (Å²) in [4.78, 5) is 42.5. The zero-order chi connectivity index (χ0) is 27.5. The maximum atomic E-state index is 13.7. The predicted octanol–water partition coefficient (Wildman–Crippen LogP) is 4.55. The number of aromatic nitrogens is 4. The number of hydrogen-bond donors (Lipinski definition) is 2. The second-order valence-corrected chi connectivity index (χ2v) is 10.0. The Balaban J connectivity index is 1.43. The minimum atomic E-state index is -0.881. The lowest BCUT2D eigenvalue weighted by atomic mass is 10.0. The molecular weight excluding hydrogens is 498 g/mol. The van der Waals surface area contributed by atoms with Crippen LogP contribution in [0.5, 0.6) is 0 Å². The van der Waals surface area contributed by atoms with Crippen molar-refractivity contribution in [1.29, 1.82) is 0 Å². The van der Waals surface area contributed by atoms with Crippen molar-refractivity contribution in [1.82, 2.24) is 24.4 Å². The molecule has 39 heavy (non-hydrogen) atoms. The number of fused-ring (bicyclic) bond motifs is 1. The van der Waals surface area contributed by atoms with Gasteiger partial charge in [0.05, 0.1) is 24.1 Å². The molecule has 11 nitrogen and oxygen atoms in total. The fraction of sp³-hybridized carbons (Fsp3) is 0.464. The third-order valence-corrected chi connectivity index (χ3v) is 7.62. The van der Waals surface area contributed by atoms with Gasteiger partial charge in [0.2, 0.25) is 5.95 Å². The van der Waals surface area contributed by atoms with Crippen LogP contribution in [0, 0.1) is 6.92 Å². The van der Waals surface area contributed by atoms with Crippen LogP contribution in [0.4, 0.5) is 22.2 Å². The van der Waals surface area contributed by atoms with Crippen molar-refractivity contribution < 1.29 is 14.6 Å². The lowest BCUT2D eigenvalue weighted by molar-refractivity contribution is 0.148. The summed E-state index contributed by atoms with van der Waals surface area (Å²) in [6.07, 6.45) is 7.40. The Morgan fingerprint density at radius 3 is 2.62 bits per heavy atom. The molecule has 2 aliphatic rings. The second-order valence-electron chi connectivity index (χ2n) is 10.0. The number of nitrogens with zero attached hydrogens (tertiary/aromatic N) is 6. The van der Waals surface area contributed by atoms with Crippen LogP contribution in [0.3, 0.4) is 0 Å². The van der Waals surface area contributed by atoms with Gasteiger partial charge in [0.25, 0.3) is 5.56 Å². The molecular formula is C28H35N7O4. The number of amides is 1. The van der Waals surface area contributed by atoms with Crippen molar-refractivity contribution in [2.24, 2.45) is 0 Å². The number of carboxylic acid groups (broad SMARTS) is 1. The SMILES string of the molecule is C=C(OCC)c1c(C)c2cnc(Nc3ccc(N4CCCN(C(=O)O)CC4)cn3)nc2n(C2CCCC2)c1=O. The molecule has 0 aromatic carbocycles. The van der Waals surface area contributed by atoms with E-state index < -0.39 is 6.09 Å². The van der Waals surface area contributed by atoms with Crippen LogP contribution in [-0.2, 0) is 4.74 Å². The van der Waals surface area contributed by atoms with E-state index in [4.69, 9.17) is 9.72 Å². The Kier molecular flexibility index (Phi) is 7.67. The van der Waals surface area contributed by atoms with Gasteiger partial charge < -0.3 is 25.0 Å². The molecule has 1 aliphatic heterocycles. The summed E-state index contributed by atoms with van der Waals surface area (Å²) in [5, 5.41) is 13.3. The summed E-state index contributed by atoms with van der Waals surface area (Å²) in [6, 6.07) is 3.88. The highest BCUT2D eigenvalue weighted by Gasteiger charge is 2.26. The van der Waals surface area contributed by atoms with E-state index in [0.717, 1.165) is 55.3 Å². The molecule has 2 fully saturated rings.